The van der Waals surface area contributed by atoms with Crippen LogP contribution in [0.15, 0.2) is 24.3 Å². The van der Waals surface area contributed by atoms with E-state index in [1.807, 2.05) is 12.1 Å². The average Bonchev–Trinajstić information content (AvgIpc) is 3.02. The molecule has 0 radical (unpaired) electrons. The number of anilines is 2. The standard InChI is InChI=1S/C17H25N3O/c1-13-8-9-18-16(12-13)17(21)19-14-4-6-15(7-5-14)20-10-2-3-11-20/h4-7,13,16,18H,2-3,8-12H2,1H3,(H,19,21). The predicted octanol–water partition coefficient (Wildman–Crippen LogP) is 2.61. The number of nitrogens with one attached hydrogen (secondary N) is 2. The van der Waals surface area contributed by atoms with E-state index in [-0.39, 0.29) is 11.9 Å². The summed E-state index contributed by atoms with van der Waals surface area (Å²) in [5.41, 5.74) is 2.15. The molecule has 2 atom stereocenters. The van der Waals surface area contributed by atoms with Gasteiger partial charge < -0.3 is 15.5 Å². The van der Waals surface area contributed by atoms with Gasteiger partial charge in [0.1, 0.15) is 0 Å². The Morgan fingerprint density at radius 2 is 1.95 bits per heavy atom. The first-order valence-corrected chi connectivity index (χ1v) is 8.11. The first-order chi connectivity index (χ1) is 10.2. The van der Waals surface area contributed by atoms with Crippen molar-refractivity contribution in [1.82, 2.24) is 5.32 Å². The molecule has 2 N–H and O–H groups in total. The van der Waals surface area contributed by atoms with Gasteiger partial charge in [-0.1, -0.05) is 6.92 Å². The second kappa shape index (κ2) is 6.48. The molecule has 2 aliphatic rings. The highest BCUT2D eigenvalue weighted by atomic mass is 16.2. The topological polar surface area (TPSA) is 44.4 Å². The van der Waals surface area contributed by atoms with E-state index in [1.165, 1.54) is 18.5 Å². The second-order valence-electron chi connectivity index (χ2n) is 6.37. The van der Waals surface area contributed by atoms with Gasteiger partial charge in [0.05, 0.1) is 6.04 Å². The molecular weight excluding hydrogens is 262 g/mol. The summed E-state index contributed by atoms with van der Waals surface area (Å²) in [5.74, 6) is 0.718. The molecule has 114 valence electrons. The van der Waals surface area contributed by atoms with Crippen LogP contribution in [-0.2, 0) is 4.79 Å². The van der Waals surface area contributed by atoms with Crippen LogP contribution >= 0.6 is 0 Å². The Kier molecular flexibility index (Phi) is 4.44. The maximum Gasteiger partial charge on any atom is 0.241 e. The fourth-order valence-electron chi connectivity index (χ4n) is 3.27. The van der Waals surface area contributed by atoms with E-state index in [4.69, 9.17) is 0 Å². The van der Waals surface area contributed by atoms with Gasteiger partial charge in [-0.15, -0.1) is 0 Å². The molecule has 2 unspecified atom stereocenters. The second-order valence-corrected chi connectivity index (χ2v) is 6.37. The molecule has 1 amide bonds. The summed E-state index contributed by atoms with van der Waals surface area (Å²) in [7, 11) is 0. The van der Waals surface area contributed by atoms with Crippen molar-refractivity contribution < 1.29 is 4.79 Å². The van der Waals surface area contributed by atoms with Crippen molar-refractivity contribution in [2.24, 2.45) is 5.92 Å². The number of hydrogen-bond acceptors (Lipinski definition) is 3. The predicted molar refractivity (Wildman–Crippen MR) is 86.7 cm³/mol. The number of hydrogen-bond donors (Lipinski definition) is 2. The minimum atomic E-state index is -0.0491. The van der Waals surface area contributed by atoms with Crippen LogP contribution in [0.4, 0.5) is 11.4 Å². The molecule has 2 saturated heterocycles. The zero-order valence-corrected chi connectivity index (χ0v) is 12.8. The molecule has 3 rings (SSSR count). The van der Waals surface area contributed by atoms with Gasteiger partial charge in [-0.05, 0) is 62.4 Å². The van der Waals surface area contributed by atoms with Crippen molar-refractivity contribution in [3.05, 3.63) is 24.3 Å². The number of rotatable bonds is 3. The summed E-state index contributed by atoms with van der Waals surface area (Å²) in [6.07, 6.45) is 4.65. The van der Waals surface area contributed by atoms with Crippen molar-refractivity contribution in [2.75, 3.05) is 29.9 Å². The zero-order valence-electron chi connectivity index (χ0n) is 12.8. The Morgan fingerprint density at radius 3 is 2.62 bits per heavy atom. The van der Waals surface area contributed by atoms with Gasteiger partial charge in [0.25, 0.3) is 0 Å². The summed E-state index contributed by atoms with van der Waals surface area (Å²) in [6.45, 7) is 5.45. The highest BCUT2D eigenvalue weighted by Gasteiger charge is 2.24. The lowest BCUT2D eigenvalue weighted by atomic mass is 9.94. The van der Waals surface area contributed by atoms with E-state index >= 15 is 0 Å². The molecule has 1 aromatic carbocycles. The SMILES string of the molecule is CC1CCNC(C(=O)Nc2ccc(N3CCCC3)cc2)C1. The van der Waals surface area contributed by atoms with Crippen molar-refractivity contribution >= 4 is 17.3 Å². The van der Waals surface area contributed by atoms with Gasteiger partial charge in [-0.2, -0.15) is 0 Å². The van der Waals surface area contributed by atoms with Gasteiger partial charge in [-0.3, -0.25) is 4.79 Å². The maximum atomic E-state index is 12.3. The lowest BCUT2D eigenvalue weighted by Crippen LogP contribution is -2.45. The molecule has 4 nitrogen and oxygen atoms in total. The highest BCUT2D eigenvalue weighted by Crippen LogP contribution is 2.22. The van der Waals surface area contributed by atoms with E-state index < -0.39 is 0 Å². The van der Waals surface area contributed by atoms with Gasteiger partial charge >= 0.3 is 0 Å². The molecule has 0 aliphatic carbocycles. The third-order valence-electron chi connectivity index (χ3n) is 4.59. The highest BCUT2D eigenvalue weighted by molar-refractivity contribution is 5.95. The minimum Gasteiger partial charge on any atom is -0.372 e. The van der Waals surface area contributed by atoms with E-state index in [0.717, 1.165) is 38.2 Å². The number of benzene rings is 1. The van der Waals surface area contributed by atoms with Crippen LogP contribution in [0, 0.1) is 5.92 Å². The third kappa shape index (κ3) is 3.56. The lowest BCUT2D eigenvalue weighted by Gasteiger charge is -2.27. The first-order valence-electron chi connectivity index (χ1n) is 8.11. The van der Waals surface area contributed by atoms with Crippen LogP contribution in [0.2, 0.25) is 0 Å². The smallest absolute Gasteiger partial charge is 0.241 e. The molecule has 1 aromatic rings. The third-order valence-corrected chi connectivity index (χ3v) is 4.59. The fourth-order valence-corrected chi connectivity index (χ4v) is 3.27. The quantitative estimate of drug-likeness (QED) is 0.898. The summed E-state index contributed by atoms with van der Waals surface area (Å²) in [6, 6.07) is 8.19. The van der Waals surface area contributed by atoms with Crippen molar-refractivity contribution in [1.29, 1.82) is 0 Å². The van der Waals surface area contributed by atoms with Crippen molar-refractivity contribution in [3.8, 4) is 0 Å². The first kappa shape index (κ1) is 14.4. The normalized spacial score (nSPS) is 25.9. The molecule has 0 bridgehead atoms. The molecule has 0 aromatic heterocycles. The van der Waals surface area contributed by atoms with Crippen LogP contribution < -0.4 is 15.5 Å². The van der Waals surface area contributed by atoms with Gasteiger partial charge in [0.2, 0.25) is 5.91 Å². The Morgan fingerprint density at radius 1 is 1.24 bits per heavy atom. The maximum absolute atomic E-state index is 12.3. The van der Waals surface area contributed by atoms with Gasteiger partial charge in [0, 0.05) is 24.5 Å². The number of carbonyl (C=O) groups is 1. The Balaban J connectivity index is 1.58. The minimum absolute atomic E-state index is 0.0491. The molecular formula is C17H25N3O. The van der Waals surface area contributed by atoms with E-state index in [1.54, 1.807) is 0 Å². The summed E-state index contributed by atoms with van der Waals surface area (Å²) in [5, 5.41) is 6.34. The van der Waals surface area contributed by atoms with Gasteiger partial charge in [0.15, 0.2) is 0 Å². The van der Waals surface area contributed by atoms with E-state index in [9.17, 15) is 4.79 Å². The summed E-state index contributed by atoms with van der Waals surface area (Å²) < 4.78 is 0. The van der Waals surface area contributed by atoms with Gasteiger partial charge in [-0.25, -0.2) is 0 Å². The largest absolute Gasteiger partial charge is 0.372 e. The molecule has 4 heteroatoms. The van der Waals surface area contributed by atoms with E-state index in [0.29, 0.717) is 5.92 Å². The average molecular weight is 287 g/mol. The molecule has 2 heterocycles. The van der Waals surface area contributed by atoms with Crippen molar-refractivity contribution in [2.45, 2.75) is 38.6 Å². The van der Waals surface area contributed by atoms with Crippen LogP contribution in [0.25, 0.3) is 0 Å². The van der Waals surface area contributed by atoms with E-state index in [2.05, 4.69) is 34.6 Å². The monoisotopic (exact) mass is 287 g/mol. The Hall–Kier alpha value is -1.55. The lowest BCUT2D eigenvalue weighted by molar-refractivity contribution is -0.119. The number of amides is 1. The fraction of sp³-hybridized carbons (Fsp3) is 0.588. The summed E-state index contributed by atoms with van der Waals surface area (Å²) in [4.78, 5) is 14.7. The van der Waals surface area contributed by atoms with Crippen LogP contribution in [0.1, 0.15) is 32.6 Å². The molecule has 2 aliphatic heterocycles. The molecule has 21 heavy (non-hydrogen) atoms. The van der Waals surface area contributed by atoms with Crippen LogP contribution in [-0.4, -0.2) is 31.6 Å². The Bertz CT molecular complexity index is 479. The zero-order chi connectivity index (χ0) is 14.7. The van der Waals surface area contributed by atoms with Crippen molar-refractivity contribution in [3.63, 3.8) is 0 Å². The molecule has 0 saturated carbocycles. The van der Waals surface area contributed by atoms with Crippen LogP contribution in [0.5, 0.6) is 0 Å². The number of piperidine rings is 1. The Labute approximate surface area is 126 Å². The number of nitrogens with zero attached hydrogens (tertiary/aromatic N) is 1. The van der Waals surface area contributed by atoms with Crippen LogP contribution in [0.3, 0.4) is 0 Å². The number of carbonyl (C=O) groups excluding carboxylic acids is 1. The summed E-state index contributed by atoms with van der Waals surface area (Å²) >= 11 is 0. The molecule has 0 spiro atoms. The molecule has 2 fully saturated rings.